The van der Waals surface area contributed by atoms with Crippen LogP contribution in [-0.2, 0) is 6.42 Å². The lowest BCUT2D eigenvalue weighted by atomic mass is 10.1. The smallest absolute Gasteiger partial charge is 0.138 e. The van der Waals surface area contributed by atoms with Gasteiger partial charge in [0.2, 0.25) is 0 Å². The van der Waals surface area contributed by atoms with Gasteiger partial charge in [0.15, 0.2) is 0 Å². The largest absolute Gasteiger partial charge is 0.464 e. The van der Waals surface area contributed by atoms with Crippen molar-refractivity contribution >= 4 is 27.6 Å². The number of nitrogens with zero attached hydrogens (tertiary/aromatic N) is 1. The number of aromatic amines is 1. The van der Waals surface area contributed by atoms with Crippen LogP contribution in [0.15, 0.2) is 47.1 Å². The van der Waals surface area contributed by atoms with Crippen molar-refractivity contribution in [3.05, 3.63) is 48.4 Å². The number of H-pyrrole nitrogens is 1. The van der Waals surface area contributed by atoms with Crippen LogP contribution < -0.4 is 5.73 Å². The van der Waals surface area contributed by atoms with Gasteiger partial charge >= 0.3 is 0 Å². The Balaban J connectivity index is 1.80. The highest BCUT2D eigenvalue weighted by Crippen LogP contribution is 2.31. The lowest BCUT2D eigenvalue weighted by Crippen LogP contribution is -1.98. The number of furan rings is 1. The number of rotatable bonds is 5. The Kier molecular flexibility index (Phi) is 3.73. The second kappa shape index (κ2) is 6.04. The average Bonchev–Trinajstić information content (AvgIpc) is 3.22. The van der Waals surface area contributed by atoms with Gasteiger partial charge in [0, 0.05) is 21.9 Å². The summed E-state index contributed by atoms with van der Waals surface area (Å²) in [7, 11) is 0. The van der Waals surface area contributed by atoms with E-state index in [9.17, 15) is 0 Å². The molecule has 1 aromatic carbocycles. The summed E-state index contributed by atoms with van der Waals surface area (Å²) in [5.74, 6) is 0.864. The van der Waals surface area contributed by atoms with Crippen LogP contribution in [0.3, 0.4) is 0 Å². The van der Waals surface area contributed by atoms with E-state index in [1.807, 2.05) is 18.2 Å². The Morgan fingerprint density at radius 1 is 1.12 bits per heavy atom. The molecule has 0 fully saturated rings. The number of anilines is 1. The molecule has 0 atom stereocenters. The molecule has 0 saturated carbocycles. The number of aryl methyl sites for hydroxylation is 1. The second-order valence-electron chi connectivity index (χ2n) is 6.24. The van der Waals surface area contributed by atoms with E-state index in [0.29, 0.717) is 0 Å². The van der Waals surface area contributed by atoms with Gasteiger partial charge in [0.05, 0.1) is 17.6 Å². The van der Waals surface area contributed by atoms with E-state index < -0.39 is 0 Å². The topological polar surface area (TPSA) is 67.8 Å². The lowest BCUT2D eigenvalue weighted by Gasteiger charge is -2.05. The number of benzene rings is 1. The molecule has 0 unspecified atom stereocenters. The van der Waals surface area contributed by atoms with E-state index >= 15 is 0 Å². The fourth-order valence-corrected chi connectivity index (χ4v) is 3.21. The van der Waals surface area contributed by atoms with Crippen LogP contribution in [0.5, 0.6) is 0 Å². The molecule has 0 spiro atoms. The van der Waals surface area contributed by atoms with E-state index in [1.54, 1.807) is 6.26 Å². The maximum Gasteiger partial charge on any atom is 0.138 e. The number of nitrogens with two attached hydrogens (primary N) is 1. The summed E-state index contributed by atoms with van der Waals surface area (Å²) in [6.07, 6.45) is 6.16. The van der Waals surface area contributed by atoms with E-state index in [1.165, 1.54) is 12.8 Å². The van der Waals surface area contributed by atoms with Crippen molar-refractivity contribution in [1.29, 1.82) is 0 Å². The minimum Gasteiger partial charge on any atom is -0.464 e. The van der Waals surface area contributed by atoms with Crippen LogP contribution in [0, 0.1) is 0 Å². The van der Waals surface area contributed by atoms with Gasteiger partial charge in [-0.3, -0.25) is 0 Å². The molecule has 4 nitrogen and oxygen atoms in total. The molecule has 3 aromatic heterocycles. The van der Waals surface area contributed by atoms with Gasteiger partial charge in [-0.2, -0.15) is 0 Å². The third-order valence-corrected chi connectivity index (χ3v) is 4.52. The Hall–Kier alpha value is -2.75. The second-order valence-corrected chi connectivity index (χ2v) is 6.24. The molecule has 0 aliphatic carbocycles. The Labute approximate surface area is 140 Å². The molecule has 0 saturated heterocycles. The van der Waals surface area contributed by atoms with Crippen molar-refractivity contribution in [1.82, 2.24) is 9.97 Å². The summed E-state index contributed by atoms with van der Waals surface area (Å²) in [5, 5.41) is 2.19. The lowest BCUT2D eigenvalue weighted by molar-refractivity contribution is 0.582. The van der Waals surface area contributed by atoms with Gasteiger partial charge in [-0.25, -0.2) is 4.98 Å². The van der Waals surface area contributed by atoms with Crippen molar-refractivity contribution < 1.29 is 4.42 Å². The first-order chi connectivity index (χ1) is 11.8. The van der Waals surface area contributed by atoms with Crippen LogP contribution in [0.4, 0.5) is 5.69 Å². The van der Waals surface area contributed by atoms with Crippen LogP contribution in [0.2, 0.25) is 0 Å². The summed E-state index contributed by atoms with van der Waals surface area (Å²) in [6, 6.07) is 12.2. The third kappa shape index (κ3) is 2.54. The fraction of sp³-hybridized carbons (Fsp3) is 0.250. The first kappa shape index (κ1) is 14.8. The van der Waals surface area contributed by atoms with Gasteiger partial charge in [-0.15, -0.1) is 0 Å². The number of hydrogen-bond acceptors (Lipinski definition) is 3. The molecular weight excluding hydrogens is 298 g/mol. The molecule has 3 heterocycles. The first-order valence-corrected chi connectivity index (χ1v) is 8.51. The van der Waals surface area contributed by atoms with Gasteiger partial charge < -0.3 is 15.1 Å². The molecule has 4 heteroatoms. The molecule has 0 aliphatic rings. The molecule has 0 amide bonds. The minimum absolute atomic E-state index is 0.780. The minimum atomic E-state index is 0.780. The van der Waals surface area contributed by atoms with Crippen LogP contribution >= 0.6 is 0 Å². The molecule has 0 aliphatic heterocycles. The maximum atomic E-state index is 6.26. The maximum absolute atomic E-state index is 6.26. The molecule has 122 valence electrons. The predicted molar refractivity (Wildman–Crippen MR) is 98.9 cm³/mol. The number of fused-ring (bicyclic) bond motifs is 3. The summed E-state index contributed by atoms with van der Waals surface area (Å²) < 4.78 is 5.50. The summed E-state index contributed by atoms with van der Waals surface area (Å²) in [5.41, 5.74) is 11.1. The zero-order valence-electron chi connectivity index (χ0n) is 13.8. The number of aromatic nitrogens is 2. The Morgan fingerprint density at radius 3 is 2.83 bits per heavy atom. The Morgan fingerprint density at radius 2 is 2.04 bits per heavy atom. The standard InChI is InChI=1S/C20H21N3O/c1-2-3-4-6-18-16(21)12-15-14-11-13(19-7-5-10-24-19)8-9-17(14)22-20(15)23-18/h5,7-12H,2-4,6,21H2,1H3,(H,22,23). The van der Waals surface area contributed by atoms with Crippen LogP contribution in [0.25, 0.3) is 33.3 Å². The Bertz CT molecular complexity index is 983. The van der Waals surface area contributed by atoms with Crippen molar-refractivity contribution in [2.24, 2.45) is 0 Å². The summed E-state index contributed by atoms with van der Waals surface area (Å²) in [4.78, 5) is 8.18. The molecular formula is C20H21N3O. The van der Waals surface area contributed by atoms with E-state index in [2.05, 4.69) is 30.1 Å². The van der Waals surface area contributed by atoms with Gasteiger partial charge in [0.1, 0.15) is 11.4 Å². The van der Waals surface area contributed by atoms with Crippen molar-refractivity contribution in [2.75, 3.05) is 5.73 Å². The zero-order chi connectivity index (χ0) is 16.5. The van der Waals surface area contributed by atoms with Gasteiger partial charge in [-0.05, 0) is 49.2 Å². The highest BCUT2D eigenvalue weighted by atomic mass is 16.3. The number of hydrogen-bond donors (Lipinski definition) is 2. The number of nitrogens with one attached hydrogen (secondary N) is 1. The molecule has 3 N–H and O–H groups in total. The monoisotopic (exact) mass is 319 g/mol. The number of pyridine rings is 1. The van der Waals surface area contributed by atoms with E-state index in [-0.39, 0.29) is 0 Å². The molecule has 0 bridgehead atoms. The van der Waals surface area contributed by atoms with Gasteiger partial charge in [0.25, 0.3) is 0 Å². The predicted octanol–water partition coefficient (Wildman–Crippen LogP) is 5.29. The highest BCUT2D eigenvalue weighted by Gasteiger charge is 2.11. The molecule has 4 rings (SSSR count). The zero-order valence-corrected chi connectivity index (χ0v) is 13.8. The average molecular weight is 319 g/mol. The fourth-order valence-electron chi connectivity index (χ4n) is 3.21. The van der Waals surface area contributed by atoms with E-state index in [0.717, 1.165) is 57.5 Å². The van der Waals surface area contributed by atoms with E-state index in [4.69, 9.17) is 15.1 Å². The molecule has 4 aromatic rings. The van der Waals surface area contributed by atoms with Crippen LogP contribution in [-0.4, -0.2) is 9.97 Å². The van der Waals surface area contributed by atoms with Crippen molar-refractivity contribution in [2.45, 2.75) is 32.6 Å². The molecule has 24 heavy (non-hydrogen) atoms. The molecule has 0 radical (unpaired) electrons. The highest BCUT2D eigenvalue weighted by molar-refractivity contribution is 6.08. The quantitative estimate of drug-likeness (QED) is 0.491. The van der Waals surface area contributed by atoms with Crippen molar-refractivity contribution in [3.63, 3.8) is 0 Å². The first-order valence-electron chi connectivity index (χ1n) is 8.51. The van der Waals surface area contributed by atoms with Gasteiger partial charge in [-0.1, -0.05) is 19.8 Å². The van der Waals surface area contributed by atoms with Crippen molar-refractivity contribution in [3.8, 4) is 11.3 Å². The summed E-state index contributed by atoms with van der Waals surface area (Å²) in [6.45, 7) is 2.20. The SMILES string of the molecule is CCCCCc1nc2[nH]c3ccc(-c4ccco4)cc3c2cc1N. The number of unbranched alkanes of at least 4 members (excludes halogenated alkanes) is 2. The normalized spacial score (nSPS) is 11.5. The summed E-state index contributed by atoms with van der Waals surface area (Å²) >= 11 is 0. The third-order valence-electron chi connectivity index (χ3n) is 4.52. The number of nitrogen functional groups attached to an aromatic ring is 1. The van der Waals surface area contributed by atoms with Crippen LogP contribution in [0.1, 0.15) is 31.9 Å².